The van der Waals surface area contributed by atoms with Gasteiger partial charge in [-0.3, -0.25) is 4.79 Å². The van der Waals surface area contributed by atoms with Crippen LogP contribution in [-0.4, -0.2) is 6.29 Å². The molecule has 1 rings (SSSR count). The number of allylic oxidation sites excluding steroid dienone is 2. The van der Waals surface area contributed by atoms with E-state index in [9.17, 15) is 4.79 Å². The molecule has 2 heteroatoms. The van der Waals surface area contributed by atoms with Crippen molar-refractivity contribution in [2.24, 2.45) is 5.92 Å². The van der Waals surface area contributed by atoms with Crippen LogP contribution in [0, 0.1) is 12.8 Å². The molecule has 92 valence electrons. The molecule has 2 nitrogen and oxygen atoms in total. The van der Waals surface area contributed by atoms with E-state index in [1.807, 2.05) is 25.1 Å². The van der Waals surface area contributed by atoms with Gasteiger partial charge in [-0.05, 0) is 30.9 Å². The largest absolute Gasteiger partial charge is 0.359 e. The maximum Gasteiger partial charge on any atom is 0.150 e. The van der Waals surface area contributed by atoms with Crippen LogP contribution < -0.4 is 5.32 Å². The zero-order valence-corrected chi connectivity index (χ0v) is 11.1. The molecule has 1 aromatic carbocycles. The molecule has 0 amide bonds. The van der Waals surface area contributed by atoms with E-state index in [4.69, 9.17) is 0 Å². The molecule has 0 bridgehead atoms. The highest BCUT2D eigenvalue weighted by Gasteiger charge is 2.05. The summed E-state index contributed by atoms with van der Waals surface area (Å²) in [5.41, 5.74) is 4.08. The molecule has 0 spiro atoms. The van der Waals surface area contributed by atoms with Crippen molar-refractivity contribution in [3.05, 3.63) is 41.1 Å². The van der Waals surface area contributed by atoms with Gasteiger partial charge in [-0.15, -0.1) is 0 Å². The standard InChI is InChI=1S/C15H21NO/c1-5-6-14(11(2)3)16-15-9-13(10-17)8-7-12(15)4/h6-11,16H,5H2,1-4H3/b14-6+. The minimum Gasteiger partial charge on any atom is -0.359 e. The van der Waals surface area contributed by atoms with Crippen molar-refractivity contribution < 1.29 is 4.79 Å². The van der Waals surface area contributed by atoms with E-state index >= 15 is 0 Å². The first-order valence-corrected chi connectivity index (χ1v) is 6.11. The normalized spacial score (nSPS) is 11.7. The SMILES string of the molecule is CC/C=C(/Nc1cc(C=O)ccc1C)C(C)C. The van der Waals surface area contributed by atoms with Crippen LogP contribution in [0.1, 0.15) is 43.1 Å². The first kappa shape index (κ1) is 13.5. The third-order valence-corrected chi connectivity index (χ3v) is 2.72. The molecule has 1 N–H and O–H groups in total. The van der Waals surface area contributed by atoms with E-state index in [-0.39, 0.29) is 0 Å². The van der Waals surface area contributed by atoms with Gasteiger partial charge in [-0.2, -0.15) is 0 Å². The molecule has 0 saturated heterocycles. The minimum atomic E-state index is 0.453. The molecule has 0 heterocycles. The summed E-state index contributed by atoms with van der Waals surface area (Å²) in [6.45, 7) is 8.49. The smallest absolute Gasteiger partial charge is 0.150 e. The molecule has 0 saturated carbocycles. The molecule has 0 aromatic heterocycles. The number of rotatable bonds is 5. The summed E-state index contributed by atoms with van der Waals surface area (Å²) in [5.74, 6) is 0.453. The van der Waals surface area contributed by atoms with E-state index < -0.39 is 0 Å². The van der Waals surface area contributed by atoms with Crippen molar-refractivity contribution in [1.82, 2.24) is 0 Å². The summed E-state index contributed by atoms with van der Waals surface area (Å²) < 4.78 is 0. The fraction of sp³-hybridized carbons (Fsp3) is 0.400. The Labute approximate surface area is 104 Å². The average molecular weight is 231 g/mol. The second kappa shape index (κ2) is 6.24. The van der Waals surface area contributed by atoms with Gasteiger partial charge in [0.15, 0.2) is 0 Å². The zero-order chi connectivity index (χ0) is 12.8. The lowest BCUT2D eigenvalue weighted by Gasteiger charge is -2.16. The first-order chi connectivity index (χ1) is 8.08. The second-order valence-corrected chi connectivity index (χ2v) is 4.54. The Morgan fingerprint density at radius 1 is 1.41 bits per heavy atom. The highest BCUT2D eigenvalue weighted by Crippen LogP contribution is 2.21. The summed E-state index contributed by atoms with van der Waals surface area (Å²) in [6, 6.07) is 5.70. The molecule has 0 radical (unpaired) electrons. The summed E-state index contributed by atoms with van der Waals surface area (Å²) >= 11 is 0. The van der Waals surface area contributed by atoms with Crippen LogP contribution in [0.25, 0.3) is 0 Å². The van der Waals surface area contributed by atoms with Crippen LogP contribution in [0.2, 0.25) is 0 Å². The Hall–Kier alpha value is -1.57. The predicted octanol–water partition coefficient (Wildman–Crippen LogP) is 4.17. The van der Waals surface area contributed by atoms with Crippen molar-refractivity contribution in [3.63, 3.8) is 0 Å². The Balaban J connectivity index is 3.00. The lowest BCUT2D eigenvalue weighted by Crippen LogP contribution is -2.07. The van der Waals surface area contributed by atoms with Gasteiger partial charge in [0.1, 0.15) is 6.29 Å². The fourth-order valence-corrected chi connectivity index (χ4v) is 1.65. The number of nitrogens with one attached hydrogen (secondary N) is 1. The van der Waals surface area contributed by atoms with Crippen molar-refractivity contribution >= 4 is 12.0 Å². The number of hydrogen-bond acceptors (Lipinski definition) is 2. The monoisotopic (exact) mass is 231 g/mol. The van der Waals surface area contributed by atoms with Gasteiger partial charge < -0.3 is 5.32 Å². The number of carbonyl (C=O) groups excluding carboxylic acids is 1. The number of hydrogen-bond donors (Lipinski definition) is 1. The predicted molar refractivity (Wildman–Crippen MR) is 73.4 cm³/mol. The third-order valence-electron chi connectivity index (χ3n) is 2.72. The van der Waals surface area contributed by atoms with Crippen molar-refractivity contribution in [2.45, 2.75) is 34.1 Å². The molecule has 0 atom stereocenters. The zero-order valence-electron chi connectivity index (χ0n) is 11.1. The highest BCUT2D eigenvalue weighted by molar-refractivity contribution is 5.78. The average Bonchev–Trinajstić information content (AvgIpc) is 2.31. The molecular weight excluding hydrogens is 210 g/mol. The van der Waals surface area contributed by atoms with Gasteiger partial charge in [0, 0.05) is 16.9 Å². The molecule has 0 unspecified atom stereocenters. The topological polar surface area (TPSA) is 29.1 Å². The van der Waals surface area contributed by atoms with Gasteiger partial charge in [-0.25, -0.2) is 0 Å². The lowest BCUT2D eigenvalue weighted by molar-refractivity contribution is 0.112. The van der Waals surface area contributed by atoms with Crippen LogP contribution >= 0.6 is 0 Å². The highest BCUT2D eigenvalue weighted by atomic mass is 16.1. The van der Waals surface area contributed by atoms with E-state index in [1.165, 1.54) is 5.70 Å². The van der Waals surface area contributed by atoms with Crippen LogP contribution in [0.4, 0.5) is 5.69 Å². The number of carbonyl (C=O) groups is 1. The fourth-order valence-electron chi connectivity index (χ4n) is 1.65. The van der Waals surface area contributed by atoms with Crippen LogP contribution in [0.5, 0.6) is 0 Å². The molecular formula is C15H21NO. The van der Waals surface area contributed by atoms with Gasteiger partial charge >= 0.3 is 0 Å². The van der Waals surface area contributed by atoms with Crippen molar-refractivity contribution in [3.8, 4) is 0 Å². The van der Waals surface area contributed by atoms with Gasteiger partial charge in [0.05, 0.1) is 0 Å². The Morgan fingerprint density at radius 2 is 2.12 bits per heavy atom. The number of benzene rings is 1. The molecule has 17 heavy (non-hydrogen) atoms. The molecule has 0 aliphatic heterocycles. The van der Waals surface area contributed by atoms with Crippen LogP contribution in [0.15, 0.2) is 30.0 Å². The number of aldehydes is 1. The quantitative estimate of drug-likeness (QED) is 0.771. The number of anilines is 1. The second-order valence-electron chi connectivity index (χ2n) is 4.54. The van der Waals surface area contributed by atoms with E-state index in [2.05, 4.69) is 32.2 Å². The summed E-state index contributed by atoms with van der Waals surface area (Å²) in [6.07, 6.45) is 4.08. The number of aryl methyl sites for hydroxylation is 1. The summed E-state index contributed by atoms with van der Waals surface area (Å²) in [7, 11) is 0. The molecule has 0 fully saturated rings. The molecule has 1 aromatic rings. The van der Waals surface area contributed by atoms with Gasteiger partial charge in [0.2, 0.25) is 0 Å². The Bertz CT molecular complexity index is 419. The summed E-state index contributed by atoms with van der Waals surface area (Å²) in [4.78, 5) is 10.8. The van der Waals surface area contributed by atoms with Crippen LogP contribution in [0.3, 0.4) is 0 Å². The lowest BCUT2D eigenvalue weighted by atomic mass is 10.1. The Kier molecular flexibility index (Phi) is 4.95. The summed E-state index contributed by atoms with van der Waals surface area (Å²) in [5, 5.41) is 3.42. The van der Waals surface area contributed by atoms with Gasteiger partial charge in [-0.1, -0.05) is 39.0 Å². The maximum atomic E-state index is 10.8. The van der Waals surface area contributed by atoms with Crippen molar-refractivity contribution in [1.29, 1.82) is 0 Å². The van der Waals surface area contributed by atoms with Gasteiger partial charge in [0.25, 0.3) is 0 Å². The molecule has 0 aliphatic carbocycles. The van der Waals surface area contributed by atoms with Crippen molar-refractivity contribution in [2.75, 3.05) is 5.32 Å². The third kappa shape index (κ3) is 3.74. The first-order valence-electron chi connectivity index (χ1n) is 6.11. The van der Waals surface area contributed by atoms with E-state index in [0.29, 0.717) is 11.5 Å². The van der Waals surface area contributed by atoms with Crippen LogP contribution in [-0.2, 0) is 0 Å². The molecule has 0 aliphatic rings. The Morgan fingerprint density at radius 3 is 2.65 bits per heavy atom. The maximum absolute atomic E-state index is 10.8. The van der Waals surface area contributed by atoms with E-state index in [1.54, 1.807) is 0 Å². The minimum absolute atomic E-state index is 0.453. The van der Waals surface area contributed by atoms with E-state index in [0.717, 1.165) is 24.0 Å².